The lowest BCUT2D eigenvalue weighted by Gasteiger charge is -2.11. The molecule has 0 atom stereocenters. The maximum Gasteiger partial charge on any atom is 0.169 e. The van der Waals surface area contributed by atoms with Gasteiger partial charge in [-0.3, -0.25) is 9.78 Å². The number of benzene rings is 1. The second-order valence-corrected chi connectivity index (χ2v) is 7.96. The van der Waals surface area contributed by atoms with Gasteiger partial charge in [0.15, 0.2) is 17.3 Å². The molecule has 4 rings (SSSR count). The molecule has 9 heteroatoms. The molecular weight excluding hydrogens is 408 g/mol. The van der Waals surface area contributed by atoms with E-state index in [0.717, 1.165) is 15.6 Å². The van der Waals surface area contributed by atoms with Gasteiger partial charge in [-0.1, -0.05) is 11.3 Å². The Kier molecular flexibility index (Phi) is 5.87. The van der Waals surface area contributed by atoms with Gasteiger partial charge in [-0.2, -0.15) is 0 Å². The summed E-state index contributed by atoms with van der Waals surface area (Å²) in [5.74, 6) is 1.00. The zero-order valence-corrected chi connectivity index (χ0v) is 17.1. The molecule has 3 aromatic heterocycles. The monoisotopic (exact) mass is 424 g/mol. The van der Waals surface area contributed by atoms with Crippen molar-refractivity contribution in [1.29, 1.82) is 0 Å². The lowest BCUT2D eigenvalue weighted by molar-refractivity contribution is 0.0992. The van der Waals surface area contributed by atoms with Gasteiger partial charge in [-0.15, -0.1) is 21.5 Å². The van der Waals surface area contributed by atoms with Crippen LogP contribution in [0.1, 0.15) is 20.4 Å². The molecule has 1 aromatic carbocycles. The normalized spacial score (nSPS) is 10.7. The summed E-state index contributed by atoms with van der Waals surface area (Å²) in [7, 11) is 1.55. The second kappa shape index (κ2) is 8.89. The quantitative estimate of drug-likeness (QED) is 0.394. The van der Waals surface area contributed by atoms with Crippen LogP contribution in [0.2, 0.25) is 0 Å². The summed E-state index contributed by atoms with van der Waals surface area (Å²) in [5.41, 5.74) is 1.46. The zero-order valence-electron chi connectivity index (χ0n) is 15.4. The largest absolute Gasteiger partial charge is 0.493 e. The average Bonchev–Trinajstić information content (AvgIpc) is 3.45. The lowest BCUT2D eigenvalue weighted by atomic mass is 10.1. The fourth-order valence-electron chi connectivity index (χ4n) is 2.60. The topological polar surface area (TPSA) is 87.1 Å². The molecule has 0 fully saturated rings. The number of rotatable bonds is 8. The van der Waals surface area contributed by atoms with Gasteiger partial charge in [-0.05, 0) is 30.3 Å². The van der Waals surface area contributed by atoms with Crippen molar-refractivity contribution < 1.29 is 14.3 Å². The molecular formula is C20H16N4O3S2. The van der Waals surface area contributed by atoms with E-state index < -0.39 is 0 Å². The summed E-state index contributed by atoms with van der Waals surface area (Å²) in [5, 5.41) is 12.5. The van der Waals surface area contributed by atoms with Crippen molar-refractivity contribution in [2.45, 2.75) is 13.0 Å². The average molecular weight is 425 g/mol. The van der Waals surface area contributed by atoms with Crippen LogP contribution < -0.4 is 9.47 Å². The molecule has 0 aliphatic carbocycles. The number of hydrogen-bond donors (Lipinski definition) is 0. The van der Waals surface area contributed by atoms with Gasteiger partial charge < -0.3 is 9.47 Å². The second-order valence-electron chi connectivity index (χ2n) is 5.92. The molecule has 146 valence electrons. The number of ketones is 1. The Morgan fingerprint density at radius 3 is 2.66 bits per heavy atom. The summed E-state index contributed by atoms with van der Waals surface area (Å²) >= 11 is 2.92. The number of Topliss-reactive ketones (excluding diaryl/α,β-unsaturated/α-hetero) is 1. The van der Waals surface area contributed by atoms with Gasteiger partial charge in [0, 0.05) is 35.1 Å². The van der Waals surface area contributed by atoms with Gasteiger partial charge >= 0.3 is 0 Å². The predicted molar refractivity (Wildman–Crippen MR) is 111 cm³/mol. The number of pyridine rings is 1. The minimum Gasteiger partial charge on any atom is -0.493 e. The fourth-order valence-corrected chi connectivity index (χ4v) is 3.97. The third kappa shape index (κ3) is 4.64. The number of hydrogen-bond acceptors (Lipinski definition) is 9. The van der Waals surface area contributed by atoms with Gasteiger partial charge in [0.05, 0.1) is 13.5 Å². The Bertz CT molecular complexity index is 1100. The first-order valence-electron chi connectivity index (χ1n) is 8.68. The highest BCUT2D eigenvalue weighted by Gasteiger charge is 2.15. The minimum absolute atomic E-state index is 0.0628. The predicted octanol–water partition coefficient (Wildman–Crippen LogP) is 4.07. The van der Waals surface area contributed by atoms with E-state index in [4.69, 9.17) is 9.47 Å². The molecule has 0 aliphatic rings. The van der Waals surface area contributed by atoms with E-state index in [9.17, 15) is 4.79 Å². The first-order chi connectivity index (χ1) is 14.2. The molecule has 3 heterocycles. The Morgan fingerprint density at radius 1 is 1.03 bits per heavy atom. The van der Waals surface area contributed by atoms with Crippen LogP contribution in [0, 0.1) is 0 Å². The van der Waals surface area contributed by atoms with E-state index in [-0.39, 0.29) is 12.2 Å². The van der Waals surface area contributed by atoms with E-state index in [2.05, 4.69) is 20.2 Å². The summed E-state index contributed by atoms with van der Waals surface area (Å²) in [6, 6.07) is 8.88. The standard InChI is InChI=1S/C20H16N4O3S2/c1-26-17-10-14(2-3-16(17)27-12-19-22-8-9-28-19)15(25)11-18-23-24-20(29-18)13-4-6-21-7-5-13/h2-10H,11-12H2,1H3. The highest BCUT2D eigenvalue weighted by atomic mass is 32.1. The molecule has 0 unspecified atom stereocenters. The Morgan fingerprint density at radius 2 is 1.90 bits per heavy atom. The van der Waals surface area contributed by atoms with Crippen LogP contribution in [0.5, 0.6) is 11.5 Å². The Labute approximate surface area is 175 Å². The molecule has 29 heavy (non-hydrogen) atoms. The molecule has 7 nitrogen and oxygen atoms in total. The van der Waals surface area contributed by atoms with Gasteiger partial charge in [0.2, 0.25) is 0 Å². The molecule has 0 radical (unpaired) electrons. The van der Waals surface area contributed by atoms with Crippen molar-refractivity contribution in [3.8, 4) is 22.1 Å². The van der Waals surface area contributed by atoms with Crippen LogP contribution in [0.25, 0.3) is 10.6 Å². The number of carbonyl (C=O) groups excluding carboxylic acids is 1. The molecule has 0 amide bonds. The van der Waals surface area contributed by atoms with Crippen molar-refractivity contribution in [3.05, 3.63) is 69.9 Å². The number of thiazole rings is 1. The number of nitrogens with zero attached hydrogens (tertiary/aromatic N) is 4. The van der Waals surface area contributed by atoms with E-state index in [1.807, 2.05) is 17.5 Å². The number of methoxy groups -OCH3 is 1. The van der Waals surface area contributed by atoms with Gasteiger partial charge in [0.1, 0.15) is 21.6 Å². The molecule has 0 saturated carbocycles. The first-order valence-corrected chi connectivity index (χ1v) is 10.4. The molecule has 4 aromatic rings. The van der Waals surface area contributed by atoms with Crippen LogP contribution in [0.4, 0.5) is 0 Å². The van der Waals surface area contributed by atoms with E-state index in [1.165, 1.54) is 22.7 Å². The lowest BCUT2D eigenvalue weighted by Crippen LogP contribution is -2.05. The van der Waals surface area contributed by atoms with Crippen LogP contribution in [0.3, 0.4) is 0 Å². The zero-order chi connectivity index (χ0) is 20.1. The smallest absolute Gasteiger partial charge is 0.169 e. The van der Waals surface area contributed by atoms with Crippen LogP contribution in [-0.2, 0) is 13.0 Å². The Balaban J connectivity index is 1.45. The van der Waals surface area contributed by atoms with Crippen LogP contribution in [-0.4, -0.2) is 33.1 Å². The maximum atomic E-state index is 12.7. The summed E-state index contributed by atoms with van der Waals surface area (Å²) < 4.78 is 11.2. The summed E-state index contributed by atoms with van der Waals surface area (Å²) in [6.45, 7) is 0.351. The fraction of sp³-hybridized carbons (Fsp3) is 0.150. The van der Waals surface area contributed by atoms with Crippen molar-refractivity contribution in [2.24, 2.45) is 0 Å². The van der Waals surface area contributed by atoms with E-state index in [1.54, 1.807) is 43.9 Å². The van der Waals surface area contributed by atoms with Gasteiger partial charge in [0.25, 0.3) is 0 Å². The highest BCUT2D eigenvalue weighted by molar-refractivity contribution is 7.14. The number of aromatic nitrogens is 4. The molecule has 0 N–H and O–H groups in total. The van der Waals surface area contributed by atoms with Crippen molar-refractivity contribution in [2.75, 3.05) is 7.11 Å². The van der Waals surface area contributed by atoms with Gasteiger partial charge in [-0.25, -0.2) is 4.98 Å². The third-order valence-corrected chi connectivity index (χ3v) is 5.75. The van der Waals surface area contributed by atoms with Crippen LogP contribution >= 0.6 is 22.7 Å². The highest BCUT2D eigenvalue weighted by Crippen LogP contribution is 2.30. The van der Waals surface area contributed by atoms with E-state index >= 15 is 0 Å². The number of carbonyl (C=O) groups is 1. The summed E-state index contributed by atoms with van der Waals surface area (Å²) in [4.78, 5) is 20.9. The molecule has 0 spiro atoms. The maximum absolute atomic E-state index is 12.7. The summed E-state index contributed by atoms with van der Waals surface area (Å²) in [6.07, 6.45) is 5.30. The van der Waals surface area contributed by atoms with Crippen molar-refractivity contribution >= 4 is 28.5 Å². The molecule has 0 saturated heterocycles. The molecule has 0 aliphatic heterocycles. The van der Waals surface area contributed by atoms with Crippen LogP contribution in [0.15, 0.2) is 54.3 Å². The SMILES string of the molecule is COc1cc(C(=O)Cc2nnc(-c3ccncc3)s2)ccc1OCc1nccs1. The first kappa shape index (κ1) is 19.2. The van der Waals surface area contributed by atoms with Crippen molar-refractivity contribution in [3.63, 3.8) is 0 Å². The molecule has 0 bridgehead atoms. The number of ether oxygens (including phenoxy) is 2. The third-order valence-electron chi connectivity index (χ3n) is 4.03. The van der Waals surface area contributed by atoms with E-state index in [0.29, 0.717) is 28.7 Å². The van der Waals surface area contributed by atoms with Crippen molar-refractivity contribution in [1.82, 2.24) is 20.2 Å². The minimum atomic E-state index is -0.0628. The Hall–Kier alpha value is -3.17.